The van der Waals surface area contributed by atoms with E-state index in [0.717, 1.165) is 18.0 Å². The van der Waals surface area contributed by atoms with Gasteiger partial charge in [0.2, 0.25) is 0 Å². The molecule has 3 rings (SSSR count). The van der Waals surface area contributed by atoms with Crippen molar-refractivity contribution in [1.29, 1.82) is 0 Å². The van der Waals surface area contributed by atoms with E-state index in [9.17, 15) is 0 Å². The van der Waals surface area contributed by atoms with E-state index in [2.05, 4.69) is 51.2 Å². The highest BCUT2D eigenvalue weighted by molar-refractivity contribution is 5.28. The third-order valence-corrected chi connectivity index (χ3v) is 5.04. The molecule has 20 heavy (non-hydrogen) atoms. The zero-order chi connectivity index (χ0) is 14.5. The van der Waals surface area contributed by atoms with Gasteiger partial charge >= 0.3 is 0 Å². The number of rotatable bonds is 0. The van der Waals surface area contributed by atoms with Crippen LogP contribution in [0.2, 0.25) is 0 Å². The highest BCUT2D eigenvalue weighted by atomic mass is 15.0. The van der Waals surface area contributed by atoms with Crippen LogP contribution in [-0.4, -0.2) is 12.1 Å². The Morgan fingerprint density at radius 1 is 0.900 bits per heavy atom. The zero-order valence-electron chi connectivity index (χ0n) is 13.7. The molecule has 0 aromatic heterocycles. The Bertz CT molecular complexity index is 424. The van der Waals surface area contributed by atoms with E-state index in [-0.39, 0.29) is 0 Å². The van der Waals surface area contributed by atoms with E-state index in [1.807, 2.05) is 0 Å². The molecule has 0 spiro atoms. The summed E-state index contributed by atoms with van der Waals surface area (Å²) in [7, 11) is 0. The Morgan fingerprint density at radius 3 is 2.35 bits per heavy atom. The van der Waals surface area contributed by atoms with Crippen LogP contribution in [0.5, 0.6) is 0 Å². The van der Waals surface area contributed by atoms with Gasteiger partial charge in [-0.1, -0.05) is 36.6 Å². The summed E-state index contributed by atoms with van der Waals surface area (Å²) in [6.07, 6.45) is 8.76. The van der Waals surface area contributed by atoms with Crippen LogP contribution in [0, 0.1) is 26.7 Å². The molecule has 1 heteroatoms. The van der Waals surface area contributed by atoms with Crippen LogP contribution in [0.4, 0.5) is 0 Å². The van der Waals surface area contributed by atoms with Gasteiger partial charge in [-0.2, -0.15) is 0 Å². The summed E-state index contributed by atoms with van der Waals surface area (Å²) in [6.45, 7) is 8.72. The van der Waals surface area contributed by atoms with E-state index in [4.69, 9.17) is 0 Å². The molecule has 1 saturated carbocycles. The summed E-state index contributed by atoms with van der Waals surface area (Å²) in [4.78, 5) is 0. The molecular weight excluding hydrogens is 242 g/mol. The number of nitrogens with one attached hydrogen (secondary N) is 1. The molecule has 1 N–H and O–H groups in total. The fourth-order valence-electron chi connectivity index (χ4n) is 3.58. The zero-order valence-corrected chi connectivity index (χ0v) is 13.7. The van der Waals surface area contributed by atoms with Crippen LogP contribution in [-0.2, 0) is 0 Å². The number of benzene rings is 1. The Labute approximate surface area is 125 Å². The van der Waals surface area contributed by atoms with Gasteiger partial charge in [-0.15, -0.1) is 0 Å². The second-order valence-electron chi connectivity index (χ2n) is 6.88. The summed E-state index contributed by atoms with van der Waals surface area (Å²) >= 11 is 0. The maximum Gasteiger partial charge on any atom is 0.00978 e. The quantitative estimate of drug-likeness (QED) is 0.707. The maximum absolute atomic E-state index is 3.72. The molecule has 0 amide bonds. The first kappa shape index (κ1) is 15.6. The largest absolute Gasteiger partial charge is 0.311 e. The summed E-state index contributed by atoms with van der Waals surface area (Å²) in [6, 6.07) is 8.17. The second kappa shape index (κ2) is 7.26. The number of hydrogen-bond acceptors (Lipinski definition) is 1. The van der Waals surface area contributed by atoms with Gasteiger partial charge in [-0.25, -0.2) is 0 Å². The van der Waals surface area contributed by atoms with Crippen LogP contribution in [0.3, 0.4) is 0 Å². The Kier molecular flexibility index (Phi) is 5.65. The van der Waals surface area contributed by atoms with Crippen molar-refractivity contribution in [3.63, 3.8) is 0 Å². The molecule has 3 atom stereocenters. The van der Waals surface area contributed by atoms with Gasteiger partial charge in [0.05, 0.1) is 0 Å². The fourth-order valence-corrected chi connectivity index (χ4v) is 3.58. The van der Waals surface area contributed by atoms with Crippen molar-refractivity contribution in [3.8, 4) is 0 Å². The van der Waals surface area contributed by atoms with E-state index in [1.165, 1.54) is 55.2 Å². The van der Waals surface area contributed by atoms with E-state index < -0.39 is 0 Å². The summed E-state index contributed by atoms with van der Waals surface area (Å²) in [5, 5.41) is 3.72. The molecule has 1 aliphatic heterocycles. The highest BCUT2D eigenvalue weighted by Gasteiger charge is 2.29. The van der Waals surface area contributed by atoms with Crippen molar-refractivity contribution in [3.05, 3.63) is 34.9 Å². The van der Waals surface area contributed by atoms with Crippen molar-refractivity contribution in [2.45, 2.75) is 78.3 Å². The van der Waals surface area contributed by atoms with Crippen LogP contribution in [0.1, 0.15) is 62.1 Å². The van der Waals surface area contributed by atoms with Gasteiger partial charge in [0.15, 0.2) is 0 Å². The SMILES string of the molecule is CC1CCC2CCCCC2N1.Cc1ccc(C)c(C)c1. The lowest BCUT2D eigenvalue weighted by molar-refractivity contribution is 0.182. The molecule has 2 fully saturated rings. The van der Waals surface area contributed by atoms with Gasteiger partial charge in [-0.3, -0.25) is 0 Å². The van der Waals surface area contributed by atoms with Crippen LogP contribution in [0.15, 0.2) is 18.2 Å². The van der Waals surface area contributed by atoms with E-state index in [0.29, 0.717) is 0 Å². The number of piperidine rings is 1. The van der Waals surface area contributed by atoms with Crippen molar-refractivity contribution < 1.29 is 0 Å². The average molecular weight is 273 g/mol. The Hall–Kier alpha value is -0.820. The molecule has 0 radical (unpaired) electrons. The van der Waals surface area contributed by atoms with Crippen molar-refractivity contribution in [2.24, 2.45) is 5.92 Å². The lowest BCUT2D eigenvalue weighted by Gasteiger charge is -2.39. The highest BCUT2D eigenvalue weighted by Crippen LogP contribution is 2.31. The molecule has 1 aromatic carbocycles. The normalized spacial score (nSPS) is 29.1. The third-order valence-electron chi connectivity index (χ3n) is 5.04. The van der Waals surface area contributed by atoms with Gasteiger partial charge < -0.3 is 5.32 Å². The van der Waals surface area contributed by atoms with Crippen molar-refractivity contribution in [1.82, 2.24) is 5.32 Å². The smallest absolute Gasteiger partial charge is 0.00978 e. The van der Waals surface area contributed by atoms with Gasteiger partial charge in [0, 0.05) is 12.1 Å². The van der Waals surface area contributed by atoms with Crippen molar-refractivity contribution >= 4 is 0 Å². The van der Waals surface area contributed by atoms with Crippen LogP contribution in [0.25, 0.3) is 0 Å². The number of hydrogen-bond donors (Lipinski definition) is 1. The maximum atomic E-state index is 3.72. The van der Waals surface area contributed by atoms with Crippen molar-refractivity contribution in [2.75, 3.05) is 0 Å². The van der Waals surface area contributed by atoms with Gasteiger partial charge in [-0.05, 0) is 70.4 Å². The summed E-state index contributed by atoms with van der Waals surface area (Å²) < 4.78 is 0. The van der Waals surface area contributed by atoms with Crippen LogP contribution >= 0.6 is 0 Å². The van der Waals surface area contributed by atoms with Crippen LogP contribution < -0.4 is 5.32 Å². The molecule has 1 aromatic rings. The minimum atomic E-state index is 0.786. The Balaban J connectivity index is 0.000000151. The fraction of sp³-hybridized carbons (Fsp3) is 0.684. The van der Waals surface area contributed by atoms with E-state index >= 15 is 0 Å². The first-order valence-electron chi connectivity index (χ1n) is 8.36. The molecule has 1 nitrogen and oxygen atoms in total. The average Bonchev–Trinajstić information content (AvgIpc) is 2.44. The minimum absolute atomic E-state index is 0.786. The molecule has 112 valence electrons. The second-order valence-corrected chi connectivity index (χ2v) is 6.88. The first-order valence-corrected chi connectivity index (χ1v) is 8.36. The molecule has 2 aliphatic rings. The molecular formula is C19H31N. The van der Waals surface area contributed by atoms with E-state index in [1.54, 1.807) is 0 Å². The molecule has 1 aliphatic carbocycles. The molecule has 1 heterocycles. The topological polar surface area (TPSA) is 12.0 Å². The predicted octanol–water partition coefficient (Wildman–Crippen LogP) is 4.93. The van der Waals surface area contributed by atoms with Gasteiger partial charge in [0.1, 0.15) is 0 Å². The predicted molar refractivity (Wildman–Crippen MR) is 88.2 cm³/mol. The molecule has 1 saturated heterocycles. The number of fused-ring (bicyclic) bond motifs is 1. The molecule has 0 bridgehead atoms. The Morgan fingerprint density at radius 2 is 1.65 bits per heavy atom. The molecule has 3 unspecified atom stereocenters. The monoisotopic (exact) mass is 273 g/mol. The third kappa shape index (κ3) is 4.34. The standard InChI is InChI=1S/C10H19N.C9H12/c1-8-6-7-9-4-2-3-5-10(9)11-8;1-7-4-5-8(2)9(3)6-7/h8-11H,2-7H2,1H3;4-6H,1-3H3. The minimum Gasteiger partial charge on any atom is -0.311 e. The lowest BCUT2D eigenvalue weighted by Crippen LogP contribution is -2.47. The first-order chi connectivity index (χ1) is 9.56. The van der Waals surface area contributed by atoms with Gasteiger partial charge in [0.25, 0.3) is 0 Å². The summed E-state index contributed by atoms with van der Waals surface area (Å²) in [5.74, 6) is 1.03. The number of aryl methyl sites for hydroxylation is 3. The lowest BCUT2D eigenvalue weighted by atomic mass is 9.78. The summed E-state index contributed by atoms with van der Waals surface area (Å²) in [5.41, 5.74) is 4.11.